The molecule has 0 aromatic heterocycles. The molecule has 0 aliphatic heterocycles. The van der Waals surface area contributed by atoms with Crippen molar-refractivity contribution in [3.63, 3.8) is 0 Å². The molecule has 54 valence electrons. The predicted octanol–water partition coefficient (Wildman–Crippen LogP) is -0.205. The van der Waals surface area contributed by atoms with Crippen molar-refractivity contribution in [2.24, 2.45) is 5.92 Å². The minimum absolute atomic E-state index is 0.920. The largest absolute Gasteiger partial charge is 0.480 e. The Morgan fingerprint density at radius 2 is 1.90 bits per heavy atom. The van der Waals surface area contributed by atoms with Crippen LogP contribution in [-0.2, 0) is 9.59 Å². The molecule has 0 aliphatic rings. The van der Waals surface area contributed by atoms with Crippen molar-refractivity contribution >= 4 is 11.9 Å². The highest BCUT2D eigenvalue weighted by atomic mass is 16.4. The number of hydrogen-bond acceptors (Lipinski definition) is 2. The minimum atomic E-state index is -1.31. The van der Waals surface area contributed by atoms with Gasteiger partial charge in [-0.15, -0.1) is 0 Å². The van der Waals surface area contributed by atoms with E-state index in [1.54, 1.807) is 5.92 Å². The summed E-state index contributed by atoms with van der Waals surface area (Å²) in [6.07, 6.45) is 0. The van der Waals surface area contributed by atoms with Gasteiger partial charge < -0.3 is 10.2 Å². The van der Waals surface area contributed by atoms with Crippen LogP contribution >= 0.6 is 0 Å². The molecule has 1 atom stereocenters. The van der Waals surface area contributed by atoms with E-state index in [9.17, 15) is 9.59 Å². The molecule has 0 saturated heterocycles. The highest BCUT2D eigenvalue weighted by Gasteiger charge is 2.05. The number of hydrogen-bond donors (Lipinski definition) is 2. The maximum absolute atomic E-state index is 10.0. The molecule has 0 aromatic rings. The van der Waals surface area contributed by atoms with Crippen molar-refractivity contribution in [1.29, 1.82) is 0 Å². The van der Waals surface area contributed by atoms with Crippen LogP contribution in [0.5, 0.6) is 0 Å². The van der Waals surface area contributed by atoms with Gasteiger partial charge in [0.2, 0.25) is 0 Å². The van der Waals surface area contributed by atoms with E-state index < -0.39 is 17.9 Å². The number of carboxylic acids is 2. The van der Waals surface area contributed by atoms with E-state index >= 15 is 0 Å². The summed E-state index contributed by atoms with van der Waals surface area (Å²) in [4.78, 5) is 19.8. The molecule has 0 radical (unpaired) electrons. The molecule has 0 bridgehead atoms. The van der Waals surface area contributed by atoms with Gasteiger partial charge in [0.15, 0.2) is 0 Å². The lowest BCUT2D eigenvalue weighted by Gasteiger charge is -1.90. The van der Waals surface area contributed by atoms with Gasteiger partial charge in [0.05, 0.1) is 0 Å². The van der Waals surface area contributed by atoms with Gasteiger partial charge >= 0.3 is 11.9 Å². The molecule has 4 nitrogen and oxygen atoms in total. The van der Waals surface area contributed by atoms with Crippen LogP contribution in [0.15, 0.2) is 0 Å². The highest BCUT2D eigenvalue weighted by Crippen LogP contribution is 1.89. The Morgan fingerprint density at radius 1 is 1.40 bits per heavy atom. The van der Waals surface area contributed by atoms with Crippen LogP contribution in [0.4, 0.5) is 0 Å². The highest BCUT2D eigenvalue weighted by molar-refractivity contribution is 5.87. The van der Waals surface area contributed by atoms with Crippen LogP contribution in [0.2, 0.25) is 0 Å². The van der Waals surface area contributed by atoms with E-state index in [-0.39, 0.29) is 0 Å². The van der Waals surface area contributed by atoms with E-state index in [0.29, 0.717) is 0 Å². The Balaban J connectivity index is 4.05. The van der Waals surface area contributed by atoms with Gasteiger partial charge in [-0.3, -0.25) is 4.79 Å². The summed E-state index contributed by atoms with van der Waals surface area (Å²) in [5.74, 6) is 0.396. The van der Waals surface area contributed by atoms with E-state index in [4.69, 9.17) is 10.2 Å². The Hall–Kier alpha value is -1.50. The summed E-state index contributed by atoms with van der Waals surface area (Å²) in [5, 5.41) is 16.2. The second-order valence-electron chi connectivity index (χ2n) is 1.63. The van der Waals surface area contributed by atoms with Crippen molar-refractivity contribution in [3.8, 4) is 11.8 Å². The Bertz CT molecular complexity index is 208. The first-order valence-corrected chi connectivity index (χ1v) is 2.51. The molecular weight excluding hydrogens is 136 g/mol. The van der Waals surface area contributed by atoms with Crippen LogP contribution in [0.1, 0.15) is 6.92 Å². The molecule has 0 aliphatic carbocycles. The number of carbonyl (C=O) groups is 2. The first kappa shape index (κ1) is 8.50. The van der Waals surface area contributed by atoms with Crippen molar-refractivity contribution in [2.45, 2.75) is 6.92 Å². The Kier molecular flexibility index (Phi) is 2.98. The SMILES string of the molecule is CC(C#CC(=O)O)C(=O)O. The molecule has 2 N–H and O–H groups in total. The fourth-order valence-electron chi connectivity index (χ4n) is 0.232. The second kappa shape index (κ2) is 3.51. The number of carboxylic acid groups (broad SMARTS) is 2. The van der Waals surface area contributed by atoms with Gasteiger partial charge in [0.25, 0.3) is 0 Å². The molecule has 4 heteroatoms. The van der Waals surface area contributed by atoms with Crippen molar-refractivity contribution in [2.75, 3.05) is 0 Å². The van der Waals surface area contributed by atoms with Gasteiger partial charge in [-0.05, 0) is 6.92 Å². The third-order valence-corrected chi connectivity index (χ3v) is 0.766. The third-order valence-electron chi connectivity index (χ3n) is 0.766. The van der Waals surface area contributed by atoms with Gasteiger partial charge in [-0.2, -0.15) is 0 Å². The van der Waals surface area contributed by atoms with Crippen molar-refractivity contribution < 1.29 is 19.8 Å². The molecule has 0 rings (SSSR count). The zero-order valence-corrected chi connectivity index (χ0v) is 5.29. The smallest absolute Gasteiger partial charge is 0.381 e. The summed E-state index contributed by atoms with van der Waals surface area (Å²) in [5.41, 5.74) is 0. The fourth-order valence-corrected chi connectivity index (χ4v) is 0.232. The van der Waals surface area contributed by atoms with Crippen molar-refractivity contribution in [3.05, 3.63) is 0 Å². The van der Waals surface area contributed by atoms with Crippen LogP contribution in [0.25, 0.3) is 0 Å². The lowest BCUT2D eigenvalue weighted by atomic mass is 10.2. The zero-order valence-electron chi connectivity index (χ0n) is 5.29. The van der Waals surface area contributed by atoms with Gasteiger partial charge in [0.1, 0.15) is 5.92 Å². The molecule has 0 heterocycles. The molecular formula is C6H6O4. The minimum Gasteiger partial charge on any atom is -0.480 e. The average Bonchev–Trinajstić information content (AvgIpc) is 1.82. The summed E-state index contributed by atoms with van der Waals surface area (Å²) < 4.78 is 0. The first-order chi connectivity index (χ1) is 4.54. The normalized spacial score (nSPS) is 10.9. The molecule has 1 unspecified atom stereocenters. The lowest BCUT2D eigenvalue weighted by Crippen LogP contribution is -2.06. The maximum Gasteiger partial charge on any atom is 0.381 e. The van der Waals surface area contributed by atoms with Crippen LogP contribution in [0.3, 0.4) is 0 Å². The monoisotopic (exact) mass is 142 g/mol. The van der Waals surface area contributed by atoms with E-state index in [0.717, 1.165) is 0 Å². The standard InChI is InChI=1S/C6H6O4/c1-4(6(9)10)2-3-5(7)8/h4H,1H3,(H,7,8)(H,9,10). The topological polar surface area (TPSA) is 74.6 Å². The van der Waals surface area contributed by atoms with Gasteiger partial charge in [-0.25, -0.2) is 4.79 Å². The molecule has 0 saturated carbocycles. The summed E-state index contributed by atoms with van der Waals surface area (Å²) in [7, 11) is 0. The maximum atomic E-state index is 10.0. The van der Waals surface area contributed by atoms with Gasteiger partial charge in [0, 0.05) is 5.92 Å². The summed E-state index contributed by atoms with van der Waals surface area (Å²) in [6, 6.07) is 0. The molecule has 0 aromatic carbocycles. The fraction of sp³-hybridized carbons (Fsp3) is 0.333. The molecule has 10 heavy (non-hydrogen) atoms. The van der Waals surface area contributed by atoms with Crippen molar-refractivity contribution in [1.82, 2.24) is 0 Å². The number of rotatable bonds is 1. The molecule has 0 amide bonds. The quantitative estimate of drug-likeness (QED) is 0.497. The lowest BCUT2D eigenvalue weighted by molar-refractivity contribution is -0.139. The molecule has 0 fully saturated rings. The average molecular weight is 142 g/mol. The predicted molar refractivity (Wildman–Crippen MR) is 32.2 cm³/mol. The third kappa shape index (κ3) is 3.50. The zero-order chi connectivity index (χ0) is 8.15. The van der Waals surface area contributed by atoms with E-state index in [2.05, 4.69) is 0 Å². The Morgan fingerprint density at radius 3 is 2.20 bits per heavy atom. The van der Waals surface area contributed by atoms with Crippen LogP contribution < -0.4 is 0 Å². The van der Waals surface area contributed by atoms with Crippen LogP contribution in [0, 0.1) is 17.8 Å². The first-order valence-electron chi connectivity index (χ1n) is 2.51. The van der Waals surface area contributed by atoms with E-state index in [1.165, 1.54) is 6.92 Å². The summed E-state index contributed by atoms with van der Waals surface area (Å²) in [6.45, 7) is 1.32. The van der Waals surface area contributed by atoms with Crippen LogP contribution in [-0.4, -0.2) is 22.2 Å². The Labute approximate surface area is 57.5 Å². The number of aliphatic carboxylic acids is 2. The second-order valence-corrected chi connectivity index (χ2v) is 1.63. The molecule has 0 spiro atoms. The van der Waals surface area contributed by atoms with Gasteiger partial charge in [-0.1, -0.05) is 5.92 Å². The summed E-state index contributed by atoms with van der Waals surface area (Å²) >= 11 is 0. The van der Waals surface area contributed by atoms with E-state index in [1.807, 2.05) is 5.92 Å².